The Morgan fingerprint density at radius 3 is 2.67 bits per heavy atom. The van der Waals surface area contributed by atoms with Crippen LogP contribution in [0, 0.1) is 5.92 Å². The highest BCUT2D eigenvalue weighted by atomic mass is 35.5. The first kappa shape index (κ1) is 18.9. The number of benzene rings is 1. The summed E-state index contributed by atoms with van der Waals surface area (Å²) in [6, 6.07) is 6.92. The van der Waals surface area contributed by atoms with Crippen molar-refractivity contribution in [3.63, 3.8) is 0 Å². The highest BCUT2D eigenvalue weighted by Crippen LogP contribution is 2.39. The van der Waals surface area contributed by atoms with Crippen LogP contribution in [-0.2, 0) is 20.5 Å². The topological polar surface area (TPSA) is 88.2 Å². The first-order valence-corrected chi connectivity index (χ1v) is 11.1. The minimum atomic E-state index is -3.44. The van der Waals surface area contributed by atoms with E-state index in [2.05, 4.69) is 15.2 Å². The molecule has 1 aromatic heterocycles. The minimum Gasteiger partial charge on any atom is -0.384 e. The van der Waals surface area contributed by atoms with Crippen molar-refractivity contribution in [1.29, 1.82) is 0 Å². The Morgan fingerprint density at radius 2 is 2.00 bits per heavy atom. The Bertz CT molecular complexity index is 896. The normalized spacial score (nSPS) is 23.8. The molecular weight excluding hydrogens is 388 g/mol. The molecule has 1 saturated carbocycles. The summed E-state index contributed by atoms with van der Waals surface area (Å²) in [5.74, 6) is 2.05. The standard InChI is InChI=1S/C18H23ClN4O3S/c1-26-10-14-8-23(27(24,25)11-12-2-6-15(19)7-3-12)9-16(14)18-20-17(21-22-18)13-4-5-13/h2-3,6-7,13-14,16H,4-5,8-11H2,1H3,(H,20,21,22)/t14-,16+/m0/s1. The molecule has 1 aliphatic carbocycles. The molecule has 2 fully saturated rings. The van der Waals surface area contributed by atoms with Gasteiger partial charge in [0.25, 0.3) is 0 Å². The first-order chi connectivity index (χ1) is 13.0. The largest absolute Gasteiger partial charge is 0.384 e. The van der Waals surface area contributed by atoms with E-state index in [1.54, 1.807) is 35.7 Å². The van der Waals surface area contributed by atoms with Gasteiger partial charge in [-0.1, -0.05) is 23.7 Å². The molecule has 9 heteroatoms. The van der Waals surface area contributed by atoms with E-state index < -0.39 is 10.0 Å². The number of aromatic amines is 1. The van der Waals surface area contributed by atoms with Gasteiger partial charge in [0.2, 0.25) is 10.0 Å². The van der Waals surface area contributed by atoms with Gasteiger partial charge in [-0.2, -0.15) is 5.10 Å². The van der Waals surface area contributed by atoms with E-state index in [0.717, 1.165) is 30.1 Å². The number of hydrogen-bond donors (Lipinski definition) is 1. The van der Waals surface area contributed by atoms with Crippen molar-refractivity contribution in [3.05, 3.63) is 46.5 Å². The summed E-state index contributed by atoms with van der Waals surface area (Å²) in [4.78, 5) is 4.64. The molecule has 0 radical (unpaired) electrons. The zero-order valence-electron chi connectivity index (χ0n) is 15.1. The monoisotopic (exact) mass is 410 g/mol. The maximum atomic E-state index is 12.9. The number of nitrogens with zero attached hydrogens (tertiary/aromatic N) is 3. The fourth-order valence-corrected chi connectivity index (χ4v) is 5.34. The number of aromatic nitrogens is 3. The van der Waals surface area contributed by atoms with Gasteiger partial charge >= 0.3 is 0 Å². The number of ether oxygens (including phenoxy) is 1. The van der Waals surface area contributed by atoms with Crippen molar-refractivity contribution in [2.75, 3.05) is 26.8 Å². The van der Waals surface area contributed by atoms with Gasteiger partial charge in [-0.05, 0) is 30.5 Å². The number of sulfonamides is 1. The maximum absolute atomic E-state index is 12.9. The van der Waals surface area contributed by atoms with Gasteiger partial charge in [-0.3, -0.25) is 5.10 Å². The Kier molecular flexibility index (Phi) is 5.24. The average molecular weight is 411 g/mol. The van der Waals surface area contributed by atoms with Crippen LogP contribution in [0.15, 0.2) is 24.3 Å². The van der Waals surface area contributed by atoms with Crippen molar-refractivity contribution in [1.82, 2.24) is 19.5 Å². The smallest absolute Gasteiger partial charge is 0.218 e. The molecule has 146 valence electrons. The lowest BCUT2D eigenvalue weighted by molar-refractivity contribution is 0.150. The summed E-state index contributed by atoms with van der Waals surface area (Å²) in [6.45, 7) is 1.30. The van der Waals surface area contributed by atoms with Crippen LogP contribution in [0.25, 0.3) is 0 Å². The average Bonchev–Trinajstić information content (AvgIpc) is 3.20. The molecule has 4 rings (SSSR count). The molecule has 1 N–H and O–H groups in total. The van der Waals surface area contributed by atoms with E-state index in [-0.39, 0.29) is 17.6 Å². The molecule has 1 saturated heterocycles. The third kappa shape index (κ3) is 4.18. The number of rotatable bonds is 7. The molecule has 2 atom stereocenters. The second kappa shape index (κ2) is 7.50. The zero-order valence-corrected chi connectivity index (χ0v) is 16.7. The summed E-state index contributed by atoms with van der Waals surface area (Å²) in [6.07, 6.45) is 2.26. The fraction of sp³-hybridized carbons (Fsp3) is 0.556. The molecule has 1 aromatic carbocycles. The quantitative estimate of drug-likeness (QED) is 0.757. The summed E-state index contributed by atoms with van der Waals surface area (Å²) in [5, 5.41) is 7.95. The van der Waals surface area contributed by atoms with Gasteiger partial charge in [-0.25, -0.2) is 17.7 Å². The first-order valence-electron chi connectivity index (χ1n) is 9.09. The molecule has 0 unspecified atom stereocenters. The van der Waals surface area contributed by atoms with E-state index in [0.29, 0.717) is 30.6 Å². The van der Waals surface area contributed by atoms with Crippen molar-refractivity contribution in [2.24, 2.45) is 5.92 Å². The minimum absolute atomic E-state index is 0.0371. The lowest BCUT2D eigenvalue weighted by Crippen LogP contribution is -2.30. The van der Waals surface area contributed by atoms with Crippen LogP contribution in [0.2, 0.25) is 5.02 Å². The summed E-state index contributed by atoms with van der Waals surface area (Å²) < 4.78 is 32.8. The van der Waals surface area contributed by atoms with Crippen LogP contribution in [0.3, 0.4) is 0 Å². The SMILES string of the molecule is COC[C@@H]1CN(S(=O)(=O)Cc2ccc(Cl)cc2)C[C@H]1c1nc(C2CC2)n[nH]1. The predicted molar refractivity (Wildman–Crippen MR) is 102 cm³/mol. The van der Waals surface area contributed by atoms with Crippen molar-refractivity contribution >= 4 is 21.6 Å². The van der Waals surface area contributed by atoms with Crippen LogP contribution >= 0.6 is 11.6 Å². The lowest BCUT2D eigenvalue weighted by atomic mass is 9.96. The van der Waals surface area contributed by atoms with Crippen molar-refractivity contribution in [3.8, 4) is 0 Å². The molecule has 0 spiro atoms. The molecule has 0 amide bonds. The highest BCUT2D eigenvalue weighted by molar-refractivity contribution is 7.88. The van der Waals surface area contributed by atoms with E-state index in [9.17, 15) is 8.42 Å². The van der Waals surface area contributed by atoms with Gasteiger partial charge in [0.1, 0.15) is 5.82 Å². The molecular formula is C18H23ClN4O3S. The molecule has 1 aliphatic heterocycles. The van der Waals surface area contributed by atoms with E-state index in [1.807, 2.05) is 0 Å². The van der Waals surface area contributed by atoms with Crippen molar-refractivity contribution in [2.45, 2.75) is 30.4 Å². The summed E-state index contributed by atoms with van der Waals surface area (Å²) in [5.41, 5.74) is 0.724. The third-order valence-corrected chi connectivity index (χ3v) is 7.29. The van der Waals surface area contributed by atoms with Crippen LogP contribution < -0.4 is 0 Å². The highest BCUT2D eigenvalue weighted by Gasteiger charge is 2.41. The van der Waals surface area contributed by atoms with Crippen molar-refractivity contribution < 1.29 is 13.2 Å². The van der Waals surface area contributed by atoms with E-state index >= 15 is 0 Å². The third-order valence-electron chi connectivity index (χ3n) is 5.26. The summed E-state index contributed by atoms with van der Waals surface area (Å²) in [7, 11) is -1.81. The Hall–Kier alpha value is -1.48. The van der Waals surface area contributed by atoms with E-state index in [1.165, 1.54) is 0 Å². The number of H-pyrrole nitrogens is 1. The second-order valence-corrected chi connectivity index (χ2v) is 9.78. The van der Waals surface area contributed by atoms with E-state index in [4.69, 9.17) is 16.3 Å². The van der Waals surface area contributed by atoms with Gasteiger partial charge in [0, 0.05) is 43.0 Å². The maximum Gasteiger partial charge on any atom is 0.218 e. The number of methoxy groups -OCH3 is 1. The van der Waals surface area contributed by atoms with Gasteiger partial charge < -0.3 is 4.74 Å². The summed E-state index contributed by atoms with van der Waals surface area (Å²) >= 11 is 5.89. The molecule has 27 heavy (non-hydrogen) atoms. The Labute approximate surface area is 164 Å². The molecule has 7 nitrogen and oxygen atoms in total. The lowest BCUT2D eigenvalue weighted by Gasteiger charge is -2.16. The number of halogens is 1. The zero-order chi connectivity index (χ0) is 19.0. The Morgan fingerprint density at radius 1 is 1.26 bits per heavy atom. The van der Waals surface area contributed by atoms with Gasteiger partial charge in [-0.15, -0.1) is 0 Å². The van der Waals surface area contributed by atoms with Crippen LogP contribution in [0.1, 0.15) is 41.9 Å². The predicted octanol–water partition coefficient (Wildman–Crippen LogP) is 2.53. The van der Waals surface area contributed by atoms with Crippen LogP contribution in [-0.4, -0.2) is 54.7 Å². The number of hydrogen-bond acceptors (Lipinski definition) is 5. The second-order valence-electron chi connectivity index (χ2n) is 7.37. The molecule has 2 aliphatic rings. The van der Waals surface area contributed by atoms with Crippen LogP contribution in [0.4, 0.5) is 0 Å². The molecule has 2 heterocycles. The number of nitrogens with one attached hydrogen (secondary N) is 1. The fourth-order valence-electron chi connectivity index (χ4n) is 3.61. The van der Waals surface area contributed by atoms with Gasteiger partial charge in [0.05, 0.1) is 12.4 Å². The Balaban J connectivity index is 1.51. The van der Waals surface area contributed by atoms with Gasteiger partial charge in [0.15, 0.2) is 5.82 Å². The van der Waals surface area contributed by atoms with Crippen LogP contribution in [0.5, 0.6) is 0 Å². The molecule has 0 bridgehead atoms. The molecule has 2 aromatic rings.